The second-order valence-electron chi connectivity index (χ2n) is 3.24. The van der Waals surface area contributed by atoms with Gasteiger partial charge < -0.3 is 0 Å². The lowest BCUT2D eigenvalue weighted by molar-refractivity contribution is -0.107. The molecule has 0 amide bonds. The van der Waals surface area contributed by atoms with E-state index < -0.39 is 5.24 Å². The minimum absolute atomic E-state index is 0.423. The molecule has 0 saturated heterocycles. The molecule has 0 saturated carbocycles. The van der Waals surface area contributed by atoms with Crippen LogP contribution in [0.25, 0.3) is 5.57 Å². The van der Waals surface area contributed by atoms with Crippen molar-refractivity contribution in [2.24, 2.45) is 0 Å². The molecule has 3 heteroatoms. The summed E-state index contributed by atoms with van der Waals surface area (Å²) < 4.78 is 0. The lowest BCUT2D eigenvalue weighted by atomic mass is 10.1. The number of benzene rings is 1. The van der Waals surface area contributed by atoms with Gasteiger partial charge in [-0.3, -0.25) is 4.79 Å². The molecule has 0 aromatic heterocycles. The maximum absolute atomic E-state index is 10.8. The lowest BCUT2D eigenvalue weighted by Crippen LogP contribution is -1.84. The minimum atomic E-state index is -0.423. The van der Waals surface area contributed by atoms with Crippen LogP contribution in [0.2, 0.25) is 5.02 Å². The van der Waals surface area contributed by atoms with Crippen LogP contribution >= 0.6 is 23.2 Å². The van der Waals surface area contributed by atoms with E-state index in [1.54, 1.807) is 0 Å². The highest BCUT2D eigenvalue weighted by atomic mass is 35.5. The van der Waals surface area contributed by atoms with Crippen LogP contribution in [0, 0.1) is 0 Å². The number of fused-ring (bicyclic) bond motifs is 1. The zero-order valence-corrected chi connectivity index (χ0v) is 8.90. The van der Waals surface area contributed by atoms with Crippen LogP contribution in [-0.2, 0) is 11.2 Å². The Bertz CT molecular complexity index is 421. The van der Waals surface area contributed by atoms with Gasteiger partial charge in [-0.25, -0.2) is 0 Å². The van der Waals surface area contributed by atoms with Gasteiger partial charge in [0.25, 0.3) is 0 Å². The summed E-state index contributed by atoms with van der Waals surface area (Å²) in [6.07, 6.45) is 3.21. The van der Waals surface area contributed by atoms with Gasteiger partial charge in [-0.05, 0) is 47.2 Å². The van der Waals surface area contributed by atoms with E-state index in [0.29, 0.717) is 0 Å². The molecule has 0 N–H and O–H groups in total. The molecule has 0 radical (unpaired) electrons. The standard InChI is InChI=1S/C11H8Cl2O/c12-10-3-1-2-8-7(6-11(13)14)4-5-9(8)10/h1-3,6H,4-5H2/b7-6-. The molecule has 0 aliphatic heterocycles. The van der Waals surface area contributed by atoms with Crippen LogP contribution in [0.5, 0.6) is 0 Å². The van der Waals surface area contributed by atoms with Gasteiger partial charge >= 0.3 is 0 Å². The first-order valence-corrected chi connectivity index (χ1v) is 5.12. The van der Waals surface area contributed by atoms with Crippen LogP contribution in [0.1, 0.15) is 17.5 Å². The number of carbonyl (C=O) groups is 1. The third kappa shape index (κ3) is 1.70. The smallest absolute Gasteiger partial charge is 0.245 e. The van der Waals surface area contributed by atoms with Crippen molar-refractivity contribution in [1.29, 1.82) is 0 Å². The highest BCUT2D eigenvalue weighted by molar-refractivity contribution is 6.67. The number of carbonyl (C=O) groups excluding carboxylic acids is 1. The summed E-state index contributed by atoms with van der Waals surface area (Å²) in [4.78, 5) is 10.8. The SMILES string of the molecule is O=C(Cl)/C=C1/CCc2c(Cl)cccc21. The van der Waals surface area contributed by atoms with E-state index in [2.05, 4.69) is 0 Å². The third-order valence-corrected chi connectivity index (χ3v) is 2.86. The quantitative estimate of drug-likeness (QED) is 0.530. The lowest BCUT2D eigenvalue weighted by Gasteiger charge is -2.01. The largest absolute Gasteiger partial charge is 0.276 e. The molecule has 2 rings (SSSR count). The summed E-state index contributed by atoms with van der Waals surface area (Å²) in [5, 5.41) is 0.348. The zero-order chi connectivity index (χ0) is 10.1. The minimum Gasteiger partial charge on any atom is -0.276 e. The molecule has 0 spiro atoms. The third-order valence-electron chi connectivity index (χ3n) is 2.40. The monoisotopic (exact) mass is 226 g/mol. The van der Waals surface area contributed by atoms with Crippen LogP contribution in [0.15, 0.2) is 24.3 Å². The van der Waals surface area contributed by atoms with Crippen molar-refractivity contribution < 1.29 is 4.79 Å². The van der Waals surface area contributed by atoms with Crippen molar-refractivity contribution in [3.8, 4) is 0 Å². The topological polar surface area (TPSA) is 17.1 Å². The Morgan fingerprint density at radius 1 is 1.36 bits per heavy atom. The molecule has 1 nitrogen and oxygen atoms in total. The fraction of sp³-hybridized carbons (Fsp3) is 0.182. The molecule has 0 heterocycles. The maximum atomic E-state index is 10.8. The second-order valence-corrected chi connectivity index (χ2v) is 4.02. The Kier molecular flexibility index (Phi) is 2.62. The number of hydrogen-bond donors (Lipinski definition) is 0. The molecule has 0 atom stereocenters. The molecule has 0 fully saturated rings. The Morgan fingerprint density at radius 2 is 2.14 bits per heavy atom. The predicted octanol–water partition coefficient (Wildman–Crippen LogP) is 3.44. The average molecular weight is 227 g/mol. The number of halogens is 2. The number of allylic oxidation sites excluding steroid dienone is 2. The van der Waals surface area contributed by atoms with Crippen molar-refractivity contribution in [3.05, 3.63) is 40.4 Å². The van der Waals surface area contributed by atoms with Gasteiger partial charge in [-0.15, -0.1) is 0 Å². The number of hydrogen-bond acceptors (Lipinski definition) is 1. The normalized spacial score (nSPS) is 17.1. The van der Waals surface area contributed by atoms with E-state index >= 15 is 0 Å². The second kappa shape index (κ2) is 3.76. The zero-order valence-electron chi connectivity index (χ0n) is 7.39. The Morgan fingerprint density at radius 3 is 2.86 bits per heavy atom. The highest BCUT2D eigenvalue weighted by Crippen LogP contribution is 2.36. The van der Waals surface area contributed by atoms with Gasteiger partial charge in [-0.2, -0.15) is 0 Å². The average Bonchev–Trinajstić information content (AvgIpc) is 2.49. The van der Waals surface area contributed by atoms with Crippen LogP contribution < -0.4 is 0 Å². The highest BCUT2D eigenvalue weighted by Gasteiger charge is 2.18. The fourth-order valence-electron chi connectivity index (χ4n) is 1.79. The van der Waals surface area contributed by atoms with Gasteiger partial charge in [0, 0.05) is 11.1 Å². The van der Waals surface area contributed by atoms with Gasteiger partial charge in [-0.1, -0.05) is 23.7 Å². The van der Waals surface area contributed by atoms with E-state index in [4.69, 9.17) is 23.2 Å². The molecule has 14 heavy (non-hydrogen) atoms. The molecule has 1 aromatic rings. The Hall–Kier alpha value is -0.790. The van der Waals surface area contributed by atoms with E-state index in [1.165, 1.54) is 6.08 Å². The van der Waals surface area contributed by atoms with Crippen molar-refractivity contribution >= 4 is 34.0 Å². The molecule has 0 unspecified atom stereocenters. The van der Waals surface area contributed by atoms with E-state index in [0.717, 1.165) is 34.6 Å². The molecular formula is C11H8Cl2O. The number of rotatable bonds is 1. The van der Waals surface area contributed by atoms with Gasteiger partial charge in [0.15, 0.2) is 0 Å². The van der Waals surface area contributed by atoms with Crippen LogP contribution in [0.3, 0.4) is 0 Å². The van der Waals surface area contributed by atoms with Crippen molar-refractivity contribution in [2.45, 2.75) is 12.8 Å². The summed E-state index contributed by atoms with van der Waals surface area (Å²) >= 11 is 11.3. The van der Waals surface area contributed by atoms with E-state index in [1.807, 2.05) is 18.2 Å². The van der Waals surface area contributed by atoms with Crippen LogP contribution in [-0.4, -0.2) is 5.24 Å². The first kappa shape index (κ1) is 9.75. The molecule has 1 aliphatic rings. The Balaban J connectivity index is 2.50. The molecular weight excluding hydrogens is 219 g/mol. The fourth-order valence-corrected chi connectivity index (χ4v) is 2.20. The van der Waals surface area contributed by atoms with E-state index in [9.17, 15) is 4.79 Å². The molecule has 1 aromatic carbocycles. The van der Waals surface area contributed by atoms with Gasteiger partial charge in [0.2, 0.25) is 5.24 Å². The van der Waals surface area contributed by atoms with Crippen molar-refractivity contribution in [3.63, 3.8) is 0 Å². The molecule has 72 valence electrons. The summed E-state index contributed by atoms with van der Waals surface area (Å²) in [6, 6.07) is 5.73. The van der Waals surface area contributed by atoms with E-state index in [-0.39, 0.29) is 0 Å². The van der Waals surface area contributed by atoms with Crippen molar-refractivity contribution in [2.75, 3.05) is 0 Å². The first-order chi connectivity index (χ1) is 6.68. The van der Waals surface area contributed by atoms with Crippen molar-refractivity contribution in [1.82, 2.24) is 0 Å². The summed E-state index contributed by atoms with van der Waals surface area (Å²) in [5.74, 6) is 0. The van der Waals surface area contributed by atoms with Gasteiger partial charge in [0.05, 0.1) is 0 Å². The van der Waals surface area contributed by atoms with Crippen LogP contribution in [0.4, 0.5) is 0 Å². The van der Waals surface area contributed by atoms with Gasteiger partial charge in [0.1, 0.15) is 0 Å². The maximum Gasteiger partial charge on any atom is 0.245 e. The predicted molar refractivity (Wildman–Crippen MR) is 58.6 cm³/mol. The summed E-state index contributed by atoms with van der Waals surface area (Å²) in [7, 11) is 0. The Labute approximate surface area is 92.3 Å². The molecule has 0 bridgehead atoms. The molecule has 1 aliphatic carbocycles. The first-order valence-electron chi connectivity index (χ1n) is 4.36. The summed E-state index contributed by atoms with van der Waals surface area (Å²) in [5.41, 5.74) is 3.17. The summed E-state index contributed by atoms with van der Waals surface area (Å²) in [6.45, 7) is 0.